The third kappa shape index (κ3) is 1.36. The van der Waals surface area contributed by atoms with E-state index < -0.39 is 18.0 Å². The van der Waals surface area contributed by atoms with Gasteiger partial charge in [0.2, 0.25) is 0 Å². The first-order valence-corrected chi connectivity index (χ1v) is 2.73. The molecule has 0 unspecified atom stereocenters. The van der Waals surface area contributed by atoms with Crippen molar-refractivity contribution in [2.45, 2.75) is 12.6 Å². The molecule has 2 atom stereocenters. The van der Waals surface area contributed by atoms with Crippen molar-refractivity contribution in [3.63, 3.8) is 0 Å². The lowest BCUT2D eigenvalue weighted by molar-refractivity contribution is -0.152. The Labute approximate surface area is 50.5 Å². The van der Waals surface area contributed by atoms with Crippen molar-refractivity contribution >= 4 is 0 Å². The van der Waals surface area contributed by atoms with Gasteiger partial charge in [-0.1, -0.05) is 0 Å². The molecule has 0 spiro atoms. The number of rotatable bonds is 1. The average molecular weight is 140 g/mol. The van der Waals surface area contributed by atoms with Crippen molar-refractivity contribution in [1.29, 1.82) is 0 Å². The summed E-state index contributed by atoms with van der Waals surface area (Å²) in [5.41, 5.74) is 0. The second-order valence-corrected chi connectivity index (χ2v) is 2.33. The van der Waals surface area contributed by atoms with Crippen LogP contribution in [0.2, 0.25) is 0 Å². The Balaban J connectivity index is 2.33. The van der Waals surface area contributed by atoms with Gasteiger partial charge in [-0.2, -0.15) is 13.2 Å². The minimum absolute atomic E-state index is 0.111. The summed E-state index contributed by atoms with van der Waals surface area (Å²) in [5.74, 6) is -1.73. The molecule has 1 saturated carbocycles. The van der Waals surface area contributed by atoms with Gasteiger partial charge in [-0.25, -0.2) is 0 Å². The highest BCUT2D eigenvalue weighted by atomic mass is 19.4. The summed E-state index contributed by atoms with van der Waals surface area (Å²) in [6.07, 6.45) is -3.96. The van der Waals surface area contributed by atoms with Gasteiger partial charge in [0.05, 0.1) is 5.92 Å². The second kappa shape index (κ2) is 1.87. The van der Waals surface area contributed by atoms with Gasteiger partial charge in [0.25, 0.3) is 0 Å². The summed E-state index contributed by atoms with van der Waals surface area (Å²) in [5, 5.41) is 8.24. The highest BCUT2D eigenvalue weighted by molar-refractivity contribution is 4.90. The van der Waals surface area contributed by atoms with Gasteiger partial charge in [-0.15, -0.1) is 0 Å². The molecular weight excluding hydrogens is 133 g/mol. The normalized spacial score (nSPS) is 34.7. The lowest BCUT2D eigenvalue weighted by Gasteiger charge is -2.02. The van der Waals surface area contributed by atoms with Crippen LogP contribution in [0, 0.1) is 11.8 Å². The molecular formula is C5H7F3O. The van der Waals surface area contributed by atoms with Gasteiger partial charge in [0, 0.05) is 6.61 Å². The Hall–Kier alpha value is -0.250. The van der Waals surface area contributed by atoms with Gasteiger partial charge in [-0.3, -0.25) is 0 Å². The van der Waals surface area contributed by atoms with Crippen molar-refractivity contribution in [3.05, 3.63) is 0 Å². The maximum absolute atomic E-state index is 11.6. The molecule has 4 heteroatoms. The predicted octanol–water partition coefficient (Wildman–Crippen LogP) is 1.18. The van der Waals surface area contributed by atoms with Crippen LogP contribution in [0.3, 0.4) is 0 Å². The second-order valence-electron chi connectivity index (χ2n) is 2.33. The number of aliphatic hydroxyl groups is 1. The molecule has 0 heterocycles. The van der Waals surface area contributed by atoms with Crippen LogP contribution in [-0.4, -0.2) is 17.9 Å². The van der Waals surface area contributed by atoms with E-state index in [0.29, 0.717) is 0 Å². The molecule has 0 amide bonds. The third-order valence-electron chi connectivity index (χ3n) is 1.58. The highest BCUT2D eigenvalue weighted by Gasteiger charge is 2.55. The van der Waals surface area contributed by atoms with Crippen LogP contribution >= 0.6 is 0 Å². The molecule has 0 aromatic heterocycles. The quantitative estimate of drug-likeness (QED) is 0.579. The molecule has 54 valence electrons. The number of aliphatic hydroxyl groups excluding tert-OH is 1. The summed E-state index contributed by atoms with van der Waals surface area (Å²) in [6, 6.07) is 0. The monoisotopic (exact) mass is 140 g/mol. The molecule has 1 fully saturated rings. The van der Waals surface area contributed by atoms with Gasteiger partial charge in [-0.05, 0) is 12.3 Å². The molecule has 0 aromatic carbocycles. The number of hydrogen-bond donors (Lipinski definition) is 1. The first kappa shape index (κ1) is 6.86. The van der Waals surface area contributed by atoms with Crippen molar-refractivity contribution in [3.8, 4) is 0 Å². The van der Waals surface area contributed by atoms with Crippen LogP contribution in [-0.2, 0) is 0 Å². The van der Waals surface area contributed by atoms with E-state index in [4.69, 9.17) is 5.11 Å². The molecule has 0 radical (unpaired) electrons. The Morgan fingerprint density at radius 1 is 1.44 bits per heavy atom. The van der Waals surface area contributed by atoms with Crippen molar-refractivity contribution in [2.75, 3.05) is 6.61 Å². The molecule has 0 bridgehead atoms. The number of halogens is 3. The average Bonchev–Trinajstić information content (AvgIpc) is 2.39. The summed E-state index contributed by atoms with van der Waals surface area (Å²) in [4.78, 5) is 0. The number of hydrogen-bond acceptors (Lipinski definition) is 1. The van der Waals surface area contributed by atoms with Crippen LogP contribution in [0.5, 0.6) is 0 Å². The van der Waals surface area contributed by atoms with Gasteiger partial charge in [0.1, 0.15) is 0 Å². The molecule has 1 N–H and O–H groups in total. The lowest BCUT2D eigenvalue weighted by Crippen LogP contribution is -2.12. The maximum atomic E-state index is 11.6. The van der Waals surface area contributed by atoms with Crippen molar-refractivity contribution in [1.82, 2.24) is 0 Å². The van der Waals surface area contributed by atoms with Gasteiger partial charge >= 0.3 is 6.18 Å². The Morgan fingerprint density at radius 3 is 2.11 bits per heavy atom. The maximum Gasteiger partial charge on any atom is 0.392 e. The number of alkyl halides is 3. The summed E-state index contributed by atoms with van der Waals surface area (Å²) < 4.78 is 34.7. The van der Waals surface area contributed by atoms with E-state index in [-0.39, 0.29) is 13.0 Å². The molecule has 1 aliphatic rings. The molecule has 0 aliphatic heterocycles. The fourth-order valence-electron chi connectivity index (χ4n) is 0.850. The Kier molecular flexibility index (Phi) is 1.42. The summed E-state index contributed by atoms with van der Waals surface area (Å²) >= 11 is 0. The van der Waals surface area contributed by atoms with E-state index in [1.807, 2.05) is 0 Å². The van der Waals surface area contributed by atoms with Gasteiger partial charge in [0.15, 0.2) is 0 Å². The molecule has 0 saturated heterocycles. The third-order valence-corrected chi connectivity index (χ3v) is 1.58. The van der Waals surface area contributed by atoms with E-state index >= 15 is 0 Å². The van der Waals surface area contributed by atoms with Crippen molar-refractivity contribution in [2.24, 2.45) is 11.8 Å². The summed E-state index contributed by atoms with van der Waals surface area (Å²) in [7, 11) is 0. The molecule has 1 nitrogen and oxygen atoms in total. The first-order valence-electron chi connectivity index (χ1n) is 2.73. The molecule has 1 aliphatic carbocycles. The van der Waals surface area contributed by atoms with Crippen LogP contribution in [0.1, 0.15) is 6.42 Å². The van der Waals surface area contributed by atoms with E-state index in [2.05, 4.69) is 0 Å². The van der Waals surface area contributed by atoms with Gasteiger partial charge < -0.3 is 5.11 Å². The molecule has 9 heavy (non-hydrogen) atoms. The van der Waals surface area contributed by atoms with Crippen LogP contribution < -0.4 is 0 Å². The smallest absolute Gasteiger partial charge is 0.392 e. The zero-order chi connectivity index (χ0) is 7.07. The predicted molar refractivity (Wildman–Crippen MR) is 24.7 cm³/mol. The van der Waals surface area contributed by atoms with E-state index in [1.54, 1.807) is 0 Å². The fraction of sp³-hybridized carbons (Fsp3) is 1.00. The minimum atomic E-state index is -4.08. The zero-order valence-electron chi connectivity index (χ0n) is 4.65. The van der Waals surface area contributed by atoms with Crippen LogP contribution in [0.4, 0.5) is 13.2 Å². The Bertz CT molecular complexity index is 109. The fourth-order valence-corrected chi connectivity index (χ4v) is 0.850. The van der Waals surface area contributed by atoms with E-state index in [1.165, 1.54) is 0 Å². The van der Waals surface area contributed by atoms with E-state index in [9.17, 15) is 13.2 Å². The topological polar surface area (TPSA) is 20.2 Å². The minimum Gasteiger partial charge on any atom is -0.396 e. The lowest BCUT2D eigenvalue weighted by atomic mass is 10.3. The first-order chi connectivity index (χ1) is 4.05. The van der Waals surface area contributed by atoms with Crippen LogP contribution in [0.15, 0.2) is 0 Å². The molecule has 0 aromatic rings. The zero-order valence-corrected chi connectivity index (χ0v) is 4.65. The Morgan fingerprint density at radius 2 is 2.00 bits per heavy atom. The summed E-state index contributed by atoms with van der Waals surface area (Å²) in [6.45, 7) is -0.329. The molecule has 1 rings (SSSR count). The van der Waals surface area contributed by atoms with E-state index in [0.717, 1.165) is 0 Å². The SMILES string of the molecule is OC[C@@H]1C[C@@H]1C(F)(F)F. The largest absolute Gasteiger partial charge is 0.396 e. The standard InChI is InChI=1S/C5H7F3O/c6-5(7,8)4-1-3(4)2-9/h3-4,9H,1-2H2/t3-,4-/m0/s1. The van der Waals surface area contributed by atoms with Crippen molar-refractivity contribution < 1.29 is 18.3 Å². The van der Waals surface area contributed by atoms with Crippen LogP contribution in [0.25, 0.3) is 0 Å². The highest BCUT2D eigenvalue weighted by Crippen LogP contribution is 2.49.